The van der Waals surface area contributed by atoms with Crippen LogP contribution in [0.5, 0.6) is 0 Å². The van der Waals surface area contributed by atoms with Crippen LogP contribution in [0, 0.1) is 5.92 Å². The zero-order valence-electron chi connectivity index (χ0n) is 11.9. The summed E-state index contributed by atoms with van der Waals surface area (Å²) in [7, 11) is 0. The van der Waals surface area contributed by atoms with E-state index in [9.17, 15) is 0 Å². The zero-order valence-corrected chi connectivity index (χ0v) is 12.7. The highest BCUT2D eigenvalue weighted by Gasteiger charge is 2.14. The van der Waals surface area contributed by atoms with Gasteiger partial charge in [-0.05, 0) is 50.9 Å². The number of para-hydroxylation sites is 2. The van der Waals surface area contributed by atoms with Crippen molar-refractivity contribution in [1.29, 1.82) is 0 Å². The van der Waals surface area contributed by atoms with Crippen LogP contribution in [-0.2, 0) is 6.54 Å². The number of fused-ring (bicyclic) bond motifs is 1. The van der Waals surface area contributed by atoms with E-state index in [1.807, 2.05) is 6.07 Å². The highest BCUT2D eigenvalue weighted by Crippen LogP contribution is 2.20. The Morgan fingerprint density at radius 3 is 3.00 bits per heavy atom. The van der Waals surface area contributed by atoms with Crippen LogP contribution < -0.4 is 10.6 Å². The summed E-state index contributed by atoms with van der Waals surface area (Å²) < 4.78 is 2.26. The molecular weight excluding hydrogens is 272 g/mol. The van der Waals surface area contributed by atoms with E-state index < -0.39 is 0 Å². The van der Waals surface area contributed by atoms with Crippen molar-refractivity contribution in [1.82, 2.24) is 14.9 Å². The largest absolute Gasteiger partial charge is 0.355 e. The number of rotatable bonds is 4. The molecule has 0 bridgehead atoms. The second-order valence-electron chi connectivity index (χ2n) is 5.26. The molecule has 0 aliphatic carbocycles. The topological polar surface area (TPSA) is 41.9 Å². The van der Waals surface area contributed by atoms with E-state index in [4.69, 9.17) is 4.98 Å². The summed E-state index contributed by atoms with van der Waals surface area (Å²) in [5.74, 6) is 1.73. The van der Waals surface area contributed by atoms with Gasteiger partial charge in [0, 0.05) is 13.1 Å². The second kappa shape index (κ2) is 6.95. The predicted octanol–water partition coefficient (Wildman–Crippen LogP) is 2.89. The lowest BCUT2D eigenvalue weighted by Gasteiger charge is -2.23. The summed E-state index contributed by atoms with van der Waals surface area (Å²) in [6.45, 7) is 6.42. The monoisotopic (exact) mass is 294 g/mol. The number of imidazole rings is 1. The van der Waals surface area contributed by atoms with Gasteiger partial charge in [0.2, 0.25) is 5.95 Å². The Labute approximate surface area is 126 Å². The number of benzene rings is 1. The summed E-state index contributed by atoms with van der Waals surface area (Å²) in [4.78, 5) is 4.70. The summed E-state index contributed by atoms with van der Waals surface area (Å²) in [5.41, 5.74) is 2.29. The maximum Gasteiger partial charge on any atom is 0.203 e. The maximum atomic E-state index is 4.70. The summed E-state index contributed by atoms with van der Waals surface area (Å²) in [5, 5.41) is 6.99. The Hall–Kier alpha value is -1.26. The van der Waals surface area contributed by atoms with Crippen LogP contribution >= 0.6 is 12.4 Å². The standard InChI is InChI=1S/C15H22N4.ClH/c1-2-19-14-8-4-3-7-13(14)18-15(19)17-11-12-6-5-9-16-10-12;/h3-4,7-8,12,16H,2,5-6,9-11H2,1H3,(H,17,18);1H. The third-order valence-electron chi connectivity index (χ3n) is 3.92. The number of aromatic nitrogens is 2. The van der Waals surface area contributed by atoms with Crippen molar-refractivity contribution in [3.8, 4) is 0 Å². The van der Waals surface area contributed by atoms with Crippen molar-refractivity contribution in [3.63, 3.8) is 0 Å². The fourth-order valence-electron chi connectivity index (χ4n) is 2.86. The van der Waals surface area contributed by atoms with Gasteiger partial charge in [-0.25, -0.2) is 4.98 Å². The molecule has 3 rings (SSSR count). The molecule has 1 aromatic heterocycles. The van der Waals surface area contributed by atoms with Gasteiger partial charge in [-0.15, -0.1) is 12.4 Å². The van der Waals surface area contributed by atoms with Crippen LogP contribution in [0.4, 0.5) is 5.95 Å². The lowest BCUT2D eigenvalue weighted by atomic mass is 10.00. The SMILES string of the molecule is CCn1c(NCC2CCCNC2)nc2ccccc21.Cl. The van der Waals surface area contributed by atoms with E-state index in [1.165, 1.54) is 24.9 Å². The molecule has 0 spiro atoms. The van der Waals surface area contributed by atoms with Crippen LogP contribution in [0.25, 0.3) is 11.0 Å². The molecule has 0 saturated carbocycles. The molecule has 1 aliphatic heterocycles. The van der Waals surface area contributed by atoms with Crippen LogP contribution in [-0.4, -0.2) is 29.2 Å². The molecule has 1 fully saturated rings. The summed E-state index contributed by atoms with van der Waals surface area (Å²) in [6.07, 6.45) is 2.60. The average Bonchev–Trinajstić information content (AvgIpc) is 2.83. The van der Waals surface area contributed by atoms with Gasteiger partial charge in [0.25, 0.3) is 0 Å². The molecule has 110 valence electrons. The van der Waals surface area contributed by atoms with Crippen LogP contribution in [0.1, 0.15) is 19.8 Å². The minimum atomic E-state index is 0. The summed E-state index contributed by atoms with van der Waals surface area (Å²) in [6, 6.07) is 8.34. The highest BCUT2D eigenvalue weighted by atomic mass is 35.5. The van der Waals surface area contributed by atoms with Gasteiger partial charge >= 0.3 is 0 Å². The fraction of sp³-hybridized carbons (Fsp3) is 0.533. The van der Waals surface area contributed by atoms with E-state index in [0.717, 1.165) is 37.0 Å². The van der Waals surface area contributed by atoms with Crippen molar-refractivity contribution in [2.45, 2.75) is 26.3 Å². The van der Waals surface area contributed by atoms with Gasteiger partial charge in [0.1, 0.15) is 0 Å². The van der Waals surface area contributed by atoms with Gasteiger partial charge < -0.3 is 15.2 Å². The average molecular weight is 295 g/mol. The minimum Gasteiger partial charge on any atom is -0.355 e. The minimum absolute atomic E-state index is 0. The first kappa shape index (κ1) is 15.1. The first-order valence-corrected chi connectivity index (χ1v) is 7.28. The lowest BCUT2D eigenvalue weighted by Crippen LogP contribution is -2.33. The van der Waals surface area contributed by atoms with Gasteiger partial charge in [-0.2, -0.15) is 0 Å². The van der Waals surface area contributed by atoms with Crippen LogP contribution in [0.15, 0.2) is 24.3 Å². The first-order chi connectivity index (χ1) is 9.38. The lowest BCUT2D eigenvalue weighted by molar-refractivity contribution is 0.392. The van der Waals surface area contributed by atoms with Gasteiger partial charge in [-0.3, -0.25) is 0 Å². The normalized spacial score (nSPS) is 18.8. The van der Waals surface area contributed by atoms with Gasteiger partial charge in [0.15, 0.2) is 0 Å². The molecule has 0 amide bonds. The summed E-state index contributed by atoms with van der Waals surface area (Å²) >= 11 is 0. The number of hydrogen-bond acceptors (Lipinski definition) is 3. The third kappa shape index (κ3) is 3.07. The van der Waals surface area contributed by atoms with Gasteiger partial charge in [-0.1, -0.05) is 12.1 Å². The molecule has 2 aromatic rings. The Balaban J connectivity index is 0.00000147. The van der Waals surface area contributed by atoms with Crippen molar-refractivity contribution in [2.24, 2.45) is 5.92 Å². The number of aryl methyl sites for hydroxylation is 1. The Bertz CT molecular complexity index is 546. The first-order valence-electron chi connectivity index (χ1n) is 7.28. The molecule has 1 atom stereocenters. The van der Waals surface area contributed by atoms with E-state index in [0.29, 0.717) is 0 Å². The molecule has 1 aromatic carbocycles. The van der Waals surface area contributed by atoms with Crippen molar-refractivity contribution in [3.05, 3.63) is 24.3 Å². The van der Waals surface area contributed by atoms with Crippen molar-refractivity contribution < 1.29 is 0 Å². The van der Waals surface area contributed by atoms with Crippen LogP contribution in [0.2, 0.25) is 0 Å². The van der Waals surface area contributed by atoms with E-state index >= 15 is 0 Å². The molecule has 4 nitrogen and oxygen atoms in total. The van der Waals surface area contributed by atoms with Crippen molar-refractivity contribution >= 4 is 29.4 Å². The number of piperidine rings is 1. The molecule has 1 aliphatic rings. The number of hydrogen-bond donors (Lipinski definition) is 2. The molecule has 2 N–H and O–H groups in total. The molecule has 1 saturated heterocycles. The Morgan fingerprint density at radius 2 is 2.25 bits per heavy atom. The number of nitrogens with zero attached hydrogens (tertiary/aromatic N) is 2. The molecule has 2 heterocycles. The predicted molar refractivity (Wildman–Crippen MR) is 86.7 cm³/mol. The smallest absolute Gasteiger partial charge is 0.203 e. The van der Waals surface area contributed by atoms with E-state index in [-0.39, 0.29) is 12.4 Å². The quantitative estimate of drug-likeness (QED) is 0.911. The van der Waals surface area contributed by atoms with Crippen molar-refractivity contribution in [2.75, 3.05) is 25.0 Å². The molecule has 20 heavy (non-hydrogen) atoms. The van der Waals surface area contributed by atoms with Gasteiger partial charge in [0.05, 0.1) is 11.0 Å². The molecule has 1 unspecified atom stereocenters. The number of nitrogens with one attached hydrogen (secondary N) is 2. The third-order valence-corrected chi connectivity index (χ3v) is 3.92. The zero-order chi connectivity index (χ0) is 13.1. The Morgan fingerprint density at radius 1 is 1.40 bits per heavy atom. The fourth-order valence-corrected chi connectivity index (χ4v) is 2.86. The van der Waals surface area contributed by atoms with E-state index in [2.05, 4.69) is 40.3 Å². The van der Waals surface area contributed by atoms with E-state index in [1.54, 1.807) is 0 Å². The maximum absolute atomic E-state index is 4.70. The van der Waals surface area contributed by atoms with Crippen LogP contribution in [0.3, 0.4) is 0 Å². The molecule has 5 heteroatoms. The number of anilines is 1. The highest BCUT2D eigenvalue weighted by molar-refractivity contribution is 5.85. The Kier molecular flexibility index (Phi) is 5.26. The second-order valence-corrected chi connectivity index (χ2v) is 5.26. The molecular formula is C15H23ClN4. The number of halogens is 1. The molecule has 0 radical (unpaired) electrons.